The first-order valence-electron chi connectivity index (χ1n) is 6.66. The molecule has 0 bridgehead atoms. The topological polar surface area (TPSA) is 53.5 Å². The Balaban J connectivity index is 1.89. The molecule has 2 aliphatic heterocycles. The summed E-state index contributed by atoms with van der Waals surface area (Å²) in [4.78, 5) is 15.2. The van der Waals surface area contributed by atoms with Crippen LogP contribution in [0.4, 0.5) is 5.69 Å². The third kappa shape index (κ3) is 2.26. The number of nitrogens with zero attached hydrogens (tertiary/aromatic N) is 1. The average molecular weight is 325 g/mol. The fourth-order valence-electron chi connectivity index (χ4n) is 2.53. The van der Waals surface area contributed by atoms with Crippen LogP contribution in [0.3, 0.4) is 0 Å². The zero-order valence-corrected chi connectivity index (χ0v) is 13.0. The van der Waals surface area contributed by atoms with Crippen molar-refractivity contribution in [3.8, 4) is 0 Å². The van der Waals surface area contributed by atoms with Crippen molar-refractivity contribution in [2.24, 2.45) is 5.10 Å². The van der Waals surface area contributed by atoms with Gasteiger partial charge in [0.05, 0.1) is 11.8 Å². The van der Waals surface area contributed by atoms with Crippen molar-refractivity contribution >= 4 is 58.3 Å². The number of hydrogen-bond acceptors (Lipinski definition) is 5. The fraction of sp³-hybridized carbons (Fsp3) is 0. The summed E-state index contributed by atoms with van der Waals surface area (Å²) in [6, 6.07) is 7.90. The molecule has 3 heterocycles. The molecule has 0 unspecified atom stereocenters. The lowest BCUT2D eigenvalue weighted by Gasteiger charge is -2.11. The monoisotopic (exact) mass is 325 g/mol. The number of hydrazone groups is 1. The van der Waals surface area contributed by atoms with Gasteiger partial charge in [-0.2, -0.15) is 16.4 Å². The number of fused-ring (bicyclic) bond motifs is 1. The third-order valence-electron chi connectivity index (χ3n) is 3.49. The van der Waals surface area contributed by atoms with Gasteiger partial charge in [0.15, 0.2) is 0 Å². The van der Waals surface area contributed by atoms with Gasteiger partial charge < -0.3 is 5.32 Å². The Hall–Kier alpha value is -2.31. The standard InChI is InChI=1S/C16H11N3OS2/c20-16-13(6-10-4-5-21-8-10)15-12(2-1-3-14(15)18-16)11-7-17-19-22-9-11/h1-9,19H,(H,18,20). The van der Waals surface area contributed by atoms with Crippen molar-refractivity contribution in [2.45, 2.75) is 0 Å². The first-order valence-corrected chi connectivity index (χ1v) is 8.48. The van der Waals surface area contributed by atoms with Gasteiger partial charge in [-0.15, -0.1) is 0 Å². The van der Waals surface area contributed by atoms with Gasteiger partial charge >= 0.3 is 0 Å². The van der Waals surface area contributed by atoms with Crippen LogP contribution in [0.5, 0.6) is 0 Å². The second-order valence-corrected chi connectivity index (χ2v) is 6.27. The van der Waals surface area contributed by atoms with E-state index >= 15 is 0 Å². The zero-order valence-electron chi connectivity index (χ0n) is 11.4. The summed E-state index contributed by atoms with van der Waals surface area (Å²) in [6.45, 7) is 0. The number of carbonyl (C=O) groups excluding carboxylic acids is 1. The predicted octanol–water partition coefficient (Wildman–Crippen LogP) is 3.82. The highest BCUT2D eigenvalue weighted by Gasteiger charge is 2.27. The lowest BCUT2D eigenvalue weighted by Crippen LogP contribution is -2.03. The van der Waals surface area contributed by atoms with Gasteiger partial charge in [0.25, 0.3) is 5.91 Å². The molecule has 6 heteroatoms. The normalized spacial score (nSPS) is 17.9. The van der Waals surface area contributed by atoms with E-state index in [1.807, 2.05) is 46.5 Å². The number of thiophene rings is 1. The molecule has 0 aliphatic carbocycles. The van der Waals surface area contributed by atoms with Crippen molar-refractivity contribution in [2.75, 3.05) is 5.32 Å². The van der Waals surface area contributed by atoms with E-state index in [0.717, 1.165) is 28.0 Å². The molecule has 1 aromatic heterocycles. The SMILES string of the molecule is O=C1Nc2cccc(C3=CSNN=C3)c2C1=Cc1ccsc1. The lowest BCUT2D eigenvalue weighted by atomic mass is 9.95. The molecule has 0 fully saturated rings. The smallest absolute Gasteiger partial charge is 0.256 e. The highest BCUT2D eigenvalue weighted by Crippen LogP contribution is 2.39. The predicted molar refractivity (Wildman–Crippen MR) is 94.5 cm³/mol. The van der Waals surface area contributed by atoms with Crippen LogP contribution in [0.25, 0.3) is 17.2 Å². The summed E-state index contributed by atoms with van der Waals surface area (Å²) in [7, 11) is 0. The van der Waals surface area contributed by atoms with E-state index in [0.29, 0.717) is 5.57 Å². The van der Waals surface area contributed by atoms with Gasteiger partial charge in [0.2, 0.25) is 0 Å². The minimum Gasteiger partial charge on any atom is -0.321 e. The van der Waals surface area contributed by atoms with E-state index in [2.05, 4.69) is 15.2 Å². The number of hydrogen-bond donors (Lipinski definition) is 2. The molecular weight excluding hydrogens is 314 g/mol. The quantitative estimate of drug-likeness (QED) is 0.652. The van der Waals surface area contributed by atoms with Crippen LogP contribution in [0.1, 0.15) is 16.7 Å². The van der Waals surface area contributed by atoms with E-state index < -0.39 is 0 Å². The molecule has 108 valence electrons. The molecule has 1 aromatic carbocycles. The van der Waals surface area contributed by atoms with Gasteiger partial charge in [-0.25, -0.2) is 4.83 Å². The first-order chi connectivity index (χ1) is 10.8. The molecule has 0 atom stereocenters. The molecular formula is C16H11N3OS2. The molecule has 0 radical (unpaired) electrons. The van der Waals surface area contributed by atoms with Gasteiger partial charge in [0, 0.05) is 22.2 Å². The molecule has 0 saturated heterocycles. The van der Waals surface area contributed by atoms with Gasteiger partial charge in [-0.3, -0.25) is 4.79 Å². The Morgan fingerprint density at radius 3 is 2.95 bits per heavy atom. The second kappa shape index (κ2) is 5.47. The molecule has 0 spiro atoms. The van der Waals surface area contributed by atoms with E-state index in [1.165, 1.54) is 11.9 Å². The Morgan fingerprint density at radius 2 is 2.18 bits per heavy atom. The van der Waals surface area contributed by atoms with Crippen molar-refractivity contribution in [3.05, 3.63) is 57.1 Å². The molecule has 2 aromatic rings. The van der Waals surface area contributed by atoms with Crippen LogP contribution in [0, 0.1) is 0 Å². The summed E-state index contributed by atoms with van der Waals surface area (Å²) in [5.74, 6) is -0.0622. The van der Waals surface area contributed by atoms with E-state index in [4.69, 9.17) is 0 Å². The van der Waals surface area contributed by atoms with Crippen molar-refractivity contribution in [3.63, 3.8) is 0 Å². The number of benzene rings is 1. The van der Waals surface area contributed by atoms with Gasteiger partial charge in [-0.1, -0.05) is 12.1 Å². The number of rotatable bonds is 2. The Kier molecular flexibility index (Phi) is 3.32. The van der Waals surface area contributed by atoms with E-state index in [9.17, 15) is 4.79 Å². The van der Waals surface area contributed by atoms with Crippen LogP contribution < -0.4 is 10.1 Å². The number of carbonyl (C=O) groups is 1. The number of anilines is 1. The van der Waals surface area contributed by atoms with Crippen LogP contribution in [0.15, 0.2) is 45.5 Å². The third-order valence-corrected chi connectivity index (χ3v) is 4.77. The van der Waals surface area contributed by atoms with Crippen LogP contribution in [-0.2, 0) is 4.79 Å². The number of amides is 1. The summed E-state index contributed by atoms with van der Waals surface area (Å²) in [5, 5.41) is 13.0. The average Bonchev–Trinajstić information content (AvgIpc) is 3.17. The molecule has 2 N–H and O–H groups in total. The number of allylic oxidation sites excluding steroid dienone is 1. The Labute approximate surface area is 135 Å². The minimum atomic E-state index is -0.0622. The van der Waals surface area contributed by atoms with E-state index in [1.54, 1.807) is 17.6 Å². The molecule has 2 aliphatic rings. The Bertz CT molecular complexity index is 835. The Morgan fingerprint density at radius 1 is 1.23 bits per heavy atom. The summed E-state index contributed by atoms with van der Waals surface area (Å²) >= 11 is 3.03. The van der Waals surface area contributed by atoms with Crippen LogP contribution in [0.2, 0.25) is 0 Å². The van der Waals surface area contributed by atoms with Crippen molar-refractivity contribution in [1.29, 1.82) is 0 Å². The van der Waals surface area contributed by atoms with Crippen LogP contribution in [-0.4, -0.2) is 12.1 Å². The maximum Gasteiger partial charge on any atom is 0.256 e. The highest BCUT2D eigenvalue weighted by molar-refractivity contribution is 8.00. The summed E-state index contributed by atoms with van der Waals surface area (Å²) in [5.41, 5.74) is 5.53. The highest BCUT2D eigenvalue weighted by atomic mass is 32.2. The number of nitrogens with one attached hydrogen (secondary N) is 2. The van der Waals surface area contributed by atoms with E-state index in [-0.39, 0.29) is 5.91 Å². The van der Waals surface area contributed by atoms with Crippen molar-refractivity contribution in [1.82, 2.24) is 4.83 Å². The summed E-state index contributed by atoms with van der Waals surface area (Å²) < 4.78 is 0. The maximum atomic E-state index is 12.3. The largest absolute Gasteiger partial charge is 0.321 e. The molecule has 22 heavy (non-hydrogen) atoms. The molecule has 0 saturated carbocycles. The first kappa shape index (κ1) is 13.4. The van der Waals surface area contributed by atoms with Crippen molar-refractivity contribution < 1.29 is 4.79 Å². The maximum absolute atomic E-state index is 12.3. The fourth-order valence-corrected chi connectivity index (χ4v) is 3.63. The molecule has 1 amide bonds. The summed E-state index contributed by atoms with van der Waals surface area (Å²) in [6.07, 6.45) is 3.71. The molecule has 4 nitrogen and oxygen atoms in total. The lowest BCUT2D eigenvalue weighted by molar-refractivity contribution is -0.110. The van der Waals surface area contributed by atoms with Gasteiger partial charge in [-0.05, 0) is 52.0 Å². The van der Waals surface area contributed by atoms with Crippen LogP contribution >= 0.6 is 23.3 Å². The van der Waals surface area contributed by atoms with Gasteiger partial charge in [0.1, 0.15) is 0 Å². The zero-order chi connectivity index (χ0) is 14.9. The minimum absolute atomic E-state index is 0.0622. The second-order valence-electron chi connectivity index (χ2n) is 4.84. The molecule has 4 rings (SSSR count).